The first kappa shape index (κ1) is 17.7. The maximum absolute atomic E-state index is 12.8. The van der Waals surface area contributed by atoms with E-state index in [4.69, 9.17) is 9.47 Å². The van der Waals surface area contributed by atoms with Gasteiger partial charge in [0.2, 0.25) is 0 Å². The third kappa shape index (κ3) is 3.44. The van der Waals surface area contributed by atoms with Crippen LogP contribution in [-0.4, -0.2) is 25.1 Å². The van der Waals surface area contributed by atoms with E-state index in [9.17, 15) is 18.0 Å². The topological polar surface area (TPSA) is 63.3 Å². The number of benzene rings is 2. The van der Waals surface area contributed by atoms with Crippen molar-refractivity contribution in [3.05, 3.63) is 53.7 Å². The Balaban J connectivity index is 1.88. The van der Waals surface area contributed by atoms with E-state index in [1.54, 1.807) is 18.2 Å². The molecule has 0 aliphatic rings. The van der Waals surface area contributed by atoms with Crippen molar-refractivity contribution in [2.24, 2.45) is 0 Å². The highest BCUT2D eigenvalue weighted by Gasteiger charge is 2.30. The average molecular weight is 364 g/mol. The molecular weight excluding hydrogens is 349 g/mol. The van der Waals surface area contributed by atoms with Crippen LogP contribution in [0.5, 0.6) is 11.5 Å². The van der Waals surface area contributed by atoms with Crippen molar-refractivity contribution in [1.29, 1.82) is 0 Å². The minimum Gasteiger partial charge on any atom is -0.493 e. The highest BCUT2D eigenvalue weighted by Crippen LogP contribution is 2.33. The molecule has 0 saturated heterocycles. The number of carbonyl (C=O) groups excluding carboxylic acids is 1. The Bertz CT molecular complexity index is 923. The number of fused-ring (bicyclic) bond motifs is 1. The van der Waals surface area contributed by atoms with Crippen LogP contribution in [0.3, 0.4) is 0 Å². The van der Waals surface area contributed by atoms with Crippen LogP contribution in [0.1, 0.15) is 16.1 Å². The zero-order valence-corrected chi connectivity index (χ0v) is 13.9. The summed E-state index contributed by atoms with van der Waals surface area (Å²) in [4.78, 5) is 15.3. The van der Waals surface area contributed by atoms with Crippen molar-refractivity contribution in [3.63, 3.8) is 0 Å². The smallest absolute Gasteiger partial charge is 0.416 e. The van der Waals surface area contributed by atoms with Gasteiger partial charge in [0.1, 0.15) is 5.69 Å². The highest BCUT2D eigenvalue weighted by atomic mass is 19.4. The van der Waals surface area contributed by atoms with Crippen LogP contribution in [0.15, 0.2) is 42.5 Å². The second kappa shape index (κ2) is 6.62. The van der Waals surface area contributed by atoms with Crippen LogP contribution in [0, 0.1) is 0 Å². The molecule has 136 valence electrons. The molecule has 1 amide bonds. The van der Waals surface area contributed by atoms with Crippen LogP contribution in [-0.2, 0) is 6.18 Å². The van der Waals surface area contributed by atoms with Crippen LogP contribution >= 0.6 is 0 Å². The SMILES string of the molecule is COc1cc2cc(C(=O)Nc3cccc(C(F)(F)F)c3)[nH]c2cc1OC. The molecule has 5 nitrogen and oxygen atoms in total. The first-order valence-electron chi connectivity index (χ1n) is 7.55. The summed E-state index contributed by atoms with van der Waals surface area (Å²) in [5.74, 6) is 0.439. The highest BCUT2D eigenvalue weighted by molar-refractivity contribution is 6.06. The number of nitrogens with one attached hydrogen (secondary N) is 2. The van der Waals surface area contributed by atoms with Gasteiger partial charge in [-0.2, -0.15) is 13.2 Å². The molecular formula is C18H15F3N2O3. The molecule has 3 aromatic rings. The number of hydrogen-bond donors (Lipinski definition) is 2. The van der Waals surface area contributed by atoms with Gasteiger partial charge in [-0.05, 0) is 30.3 Å². The predicted octanol–water partition coefficient (Wildman–Crippen LogP) is 4.46. The number of alkyl halides is 3. The molecule has 3 rings (SSSR count). The van der Waals surface area contributed by atoms with E-state index < -0.39 is 17.6 Å². The van der Waals surface area contributed by atoms with E-state index in [0.29, 0.717) is 22.4 Å². The van der Waals surface area contributed by atoms with Gasteiger partial charge in [-0.15, -0.1) is 0 Å². The third-order valence-electron chi connectivity index (χ3n) is 3.82. The number of aromatic amines is 1. The number of rotatable bonds is 4. The normalized spacial score (nSPS) is 11.4. The van der Waals surface area contributed by atoms with E-state index in [-0.39, 0.29) is 11.4 Å². The van der Waals surface area contributed by atoms with Gasteiger partial charge in [-0.25, -0.2) is 0 Å². The molecule has 0 atom stereocenters. The molecule has 0 unspecified atom stereocenters. The first-order valence-corrected chi connectivity index (χ1v) is 7.55. The molecule has 8 heteroatoms. The molecule has 1 heterocycles. The van der Waals surface area contributed by atoms with Gasteiger partial charge in [0, 0.05) is 22.7 Å². The predicted molar refractivity (Wildman–Crippen MR) is 90.8 cm³/mol. The first-order chi connectivity index (χ1) is 12.3. The lowest BCUT2D eigenvalue weighted by atomic mass is 10.2. The van der Waals surface area contributed by atoms with Crippen LogP contribution < -0.4 is 14.8 Å². The summed E-state index contributed by atoms with van der Waals surface area (Å²) in [7, 11) is 2.99. The van der Waals surface area contributed by atoms with Gasteiger partial charge in [-0.3, -0.25) is 4.79 Å². The molecule has 0 aliphatic heterocycles. The largest absolute Gasteiger partial charge is 0.493 e. The molecule has 1 aromatic heterocycles. The molecule has 0 bridgehead atoms. The number of anilines is 1. The number of hydrogen-bond acceptors (Lipinski definition) is 3. The maximum atomic E-state index is 12.8. The van der Waals surface area contributed by atoms with Gasteiger partial charge in [0.05, 0.1) is 19.8 Å². The molecule has 2 aromatic carbocycles. The second-order valence-corrected chi connectivity index (χ2v) is 5.51. The minimum atomic E-state index is -4.48. The van der Waals surface area contributed by atoms with Crippen LogP contribution in [0.4, 0.5) is 18.9 Å². The Morgan fingerprint density at radius 2 is 1.73 bits per heavy atom. The van der Waals surface area contributed by atoms with Crippen molar-refractivity contribution in [1.82, 2.24) is 4.98 Å². The van der Waals surface area contributed by atoms with E-state index in [1.807, 2.05) is 0 Å². The van der Waals surface area contributed by atoms with Crippen molar-refractivity contribution >= 4 is 22.5 Å². The van der Waals surface area contributed by atoms with Crippen LogP contribution in [0.25, 0.3) is 10.9 Å². The van der Waals surface area contributed by atoms with Crippen molar-refractivity contribution in [2.45, 2.75) is 6.18 Å². The van der Waals surface area contributed by atoms with Gasteiger partial charge in [-0.1, -0.05) is 6.07 Å². The zero-order chi connectivity index (χ0) is 18.9. The number of ether oxygens (including phenoxy) is 2. The summed E-state index contributed by atoms with van der Waals surface area (Å²) >= 11 is 0. The fourth-order valence-corrected chi connectivity index (χ4v) is 2.55. The van der Waals surface area contributed by atoms with Gasteiger partial charge in [0.15, 0.2) is 11.5 Å². The Morgan fingerprint density at radius 1 is 1.04 bits per heavy atom. The lowest BCUT2D eigenvalue weighted by Gasteiger charge is -2.09. The van der Waals surface area contributed by atoms with Gasteiger partial charge >= 0.3 is 6.18 Å². The standard InChI is InChI=1S/C18H15F3N2O3/c1-25-15-7-10-6-14(23-13(10)9-16(15)26-2)17(24)22-12-5-3-4-11(8-12)18(19,20)21/h3-9,23H,1-2H3,(H,22,24). The summed E-state index contributed by atoms with van der Waals surface area (Å²) in [6.45, 7) is 0. The van der Waals surface area contributed by atoms with E-state index in [2.05, 4.69) is 10.3 Å². The lowest BCUT2D eigenvalue weighted by molar-refractivity contribution is -0.137. The molecule has 0 aliphatic carbocycles. The third-order valence-corrected chi connectivity index (χ3v) is 3.82. The maximum Gasteiger partial charge on any atom is 0.416 e. The van der Waals surface area contributed by atoms with E-state index in [1.165, 1.54) is 26.4 Å². The molecule has 0 fully saturated rings. The van der Waals surface area contributed by atoms with Crippen molar-refractivity contribution in [3.8, 4) is 11.5 Å². The molecule has 2 N–H and O–H groups in total. The van der Waals surface area contributed by atoms with E-state index in [0.717, 1.165) is 12.1 Å². The Labute approximate surface area is 146 Å². The molecule has 0 radical (unpaired) electrons. The number of aromatic nitrogens is 1. The van der Waals surface area contributed by atoms with Crippen molar-refractivity contribution in [2.75, 3.05) is 19.5 Å². The monoisotopic (exact) mass is 364 g/mol. The molecule has 0 spiro atoms. The summed E-state index contributed by atoms with van der Waals surface area (Å²) in [6, 6.07) is 9.41. The number of halogens is 3. The number of carbonyl (C=O) groups is 1. The van der Waals surface area contributed by atoms with E-state index >= 15 is 0 Å². The Morgan fingerprint density at radius 3 is 2.38 bits per heavy atom. The Hall–Kier alpha value is -3.16. The zero-order valence-electron chi connectivity index (χ0n) is 13.9. The summed E-state index contributed by atoms with van der Waals surface area (Å²) in [5, 5.41) is 3.16. The number of methoxy groups -OCH3 is 2. The average Bonchev–Trinajstić information content (AvgIpc) is 3.03. The quantitative estimate of drug-likeness (QED) is 0.719. The van der Waals surface area contributed by atoms with Crippen molar-refractivity contribution < 1.29 is 27.4 Å². The number of amides is 1. The van der Waals surface area contributed by atoms with Gasteiger partial charge < -0.3 is 19.8 Å². The van der Waals surface area contributed by atoms with Crippen LogP contribution in [0.2, 0.25) is 0 Å². The number of H-pyrrole nitrogens is 1. The van der Waals surface area contributed by atoms with Gasteiger partial charge in [0.25, 0.3) is 5.91 Å². The Kier molecular flexibility index (Phi) is 4.50. The lowest BCUT2D eigenvalue weighted by Crippen LogP contribution is -2.13. The summed E-state index contributed by atoms with van der Waals surface area (Å²) in [6.07, 6.45) is -4.48. The molecule has 0 saturated carbocycles. The summed E-state index contributed by atoms with van der Waals surface area (Å²) < 4.78 is 48.7. The fourth-order valence-electron chi connectivity index (χ4n) is 2.55. The molecule has 26 heavy (non-hydrogen) atoms. The summed E-state index contributed by atoms with van der Waals surface area (Å²) in [5.41, 5.74) is 0.0598. The fraction of sp³-hybridized carbons (Fsp3) is 0.167. The minimum absolute atomic E-state index is 0.0543. The second-order valence-electron chi connectivity index (χ2n) is 5.51.